The molecule has 0 nitrogen and oxygen atoms in total. The van der Waals surface area contributed by atoms with Crippen molar-refractivity contribution < 1.29 is 0 Å². The minimum atomic E-state index is 0.926. The Kier molecular flexibility index (Phi) is 1.94. The van der Waals surface area contributed by atoms with E-state index in [1.54, 1.807) is 5.57 Å². The van der Waals surface area contributed by atoms with E-state index >= 15 is 0 Å². The van der Waals surface area contributed by atoms with E-state index < -0.39 is 0 Å². The fourth-order valence-corrected chi connectivity index (χ4v) is 1.87. The predicted molar refractivity (Wildman–Crippen MR) is 41.3 cm³/mol. The Labute approximate surface area is 58.0 Å². The summed E-state index contributed by atoms with van der Waals surface area (Å²) in [5.74, 6) is 1.89. The Morgan fingerprint density at radius 2 is 2.33 bits per heavy atom. The third-order valence-corrected chi connectivity index (χ3v) is 2.53. The Balaban J connectivity index is 2.48. The molecule has 0 aromatic rings. The van der Waals surface area contributed by atoms with E-state index in [9.17, 15) is 0 Å². The molecule has 0 aliphatic heterocycles. The van der Waals surface area contributed by atoms with Gasteiger partial charge in [-0.05, 0) is 31.6 Å². The van der Waals surface area contributed by atoms with Gasteiger partial charge >= 0.3 is 0 Å². The summed E-state index contributed by atoms with van der Waals surface area (Å²) in [4.78, 5) is 0. The lowest BCUT2D eigenvalue weighted by molar-refractivity contribution is 0.291. The Morgan fingerprint density at radius 3 is 2.56 bits per heavy atom. The van der Waals surface area contributed by atoms with Crippen molar-refractivity contribution >= 4 is 0 Å². The van der Waals surface area contributed by atoms with Gasteiger partial charge in [-0.25, -0.2) is 0 Å². The van der Waals surface area contributed by atoms with E-state index in [2.05, 4.69) is 26.8 Å². The van der Waals surface area contributed by atoms with Crippen LogP contribution in [0.5, 0.6) is 0 Å². The number of hydrogen-bond donors (Lipinski definition) is 0. The van der Waals surface area contributed by atoms with Crippen LogP contribution in [0.15, 0.2) is 11.6 Å². The molecule has 0 saturated heterocycles. The fourth-order valence-electron chi connectivity index (χ4n) is 1.87. The Bertz CT molecular complexity index is 122. The van der Waals surface area contributed by atoms with E-state index in [1.807, 2.05) is 0 Å². The number of hydrogen-bond acceptors (Lipinski definition) is 0. The van der Waals surface area contributed by atoms with Crippen molar-refractivity contribution in [3.05, 3.63) is 11.6 Å². The topological polar surface area (TPSA) is 0 Å². The van der Waals surface area contributed by atoms with Crippen LogP contribution in [-0.2, 0) is 0 Å². The van der Waals surface area contributed by atoms with Crippen LogP contribution in [0.25, 0.3) is 0 Å². The molecule has 0 aromatic heterocycles. The molecule has 0 amide bonds. The van der Waals surface area contributed by atoms with Crippen LogP contribution in [0.1, 0.15) is 33.6 Å². The van der Waals surface area contributed by atoms with Crippen LogP contribution in [-0.4, -0.2) is 0 Å². The Hall–Kier alpha value is -0.260. The zero-order chi connectivity index (χ0) is 6.85. The first kappa shape index (κ1) is 6.85. The van der Waals surface area contributed by atoms with Crippen molar-refractivity contribution in [2.45, 2.75) is 33.6 Å². The van der Waals surface area contributed by atoms with Gasteiger partial charge in [0.1, 0.15) is 0 Å². The molecule has 0 aromatic carbocycles. The van der Waals surface area contributed by atoms with Gasteiger partial charge in [0.05, 0.1) is 0 Å². The Morgan fingerprint density at radius 1 is 1.67 bits per heavy atom. The molecule has 0 N–H and O–H groups in total. The van der Waals surface area contributed by atoms with Crippen molar-refractivity contribution in [1.82, 2.24) is 0 Å². The van der Waals surface area contributed by atoms with Gasteiger partial charge in [-0.3, -0.25) is 0 Å². The minimum Gasteiger partial charge on any atom is -0.0882 e. The van der Waals surface area contributed by atoms with Gasteiger partial charge in [-0.15, -0.1) is 0 Å². The molecule has 1 aliphatic carbocycles. The summed E-state index contributed by atoms with van der Waals surface area (Å²) in [5.41, 5.74) is 1.69. The van der Waals surface area contributed by atoms with Gasteiger partial charge in [0.2, 0.25) is 0 Å². The van der Waals surface area contributed by atoms with Gasteiger partial charge < -0.3 is 0 Å². The second-order valence-corrected chi connectivity index (χ2v) is 3.06. The van der Waals surface area contributed by atoms with Crippen molar-refractivity contribution in [3.63, 3.8) is 0 Å². The lowest BCUT2D eigenvalue weighted by Gasteiger charge is -2.36. The first-order valence-electron chi connectivity index (χ1n) is 3.94. The predicted octanol–water partition coefficient (Wildman–Crippen LogP) is 3.00. The van der Waals surface area contributed by atoms with Gasteiger partial charge in [-0.2, -0.15) is 0 Å². The van der Waals surface area contributed by atoms with Crippen molar-refractivity contribution in [3.8, 4) is 0 Å². The molecule has 0 spiro atoms. The van der Waals surface area contributed by atoms with Crippen LogP contribution in [0.2, 0.25) is 0 Å². The molecule has 0 radical (unpaired) electrons. The second kappa shape index (κ2) is 2.55. The van der Waals surface area contributed by atoms with Crippen molar-refractivity contribution in [2.24, 2.45) is 11.8 Å². The lowest BCUT2D eigenvalue weighted by Crippen LogP contribution is -2.25. The first-order chi connectivity index (χ1) is 4.29. The van der Waals surface area contributed by atoms with E-state index in [1.165, 1.54) is 12.8 Å². The first-order valence-corrected chi connectivity index (χ1v) is 3.94. The van der Waals surface area contributed by atoms with Crippen molar-refractivity contribution in [2.75, 3.05) is 0 Å². The average Bonchev–Trinajstić information content (AvgIpc) is 1.83. The molecule has 52 valence electrons. The van der Waals surface area contributed by atoms with Crippen LogP contribution in [0.3, 0.4) is 0 Å². The molecule has 1 rings (SSSR count). The third kappa shape index (κ3) is 1.03. The summed E-state index contributed by atoms with van der Waals surface area (Å²) in [7, 11) is 0. The quantitative estimate of drug-likeness (QED) is 0.471. The highest BCUT2D eigenvalue weighted by molar-refractivity contribution is 5.16. The normalized spacial score (nSPS) is 38.8. The van der Waals surface area contributed by atoms with Gasteiger partial charge in [0.15, 0.2) is 0 Å². The van der Waals surface area contributed by atoms with Gasteiger partial charge in [0.25, 0.3) is 0 Å². The van der Waals surface area contributed by atoms with Crippen molar-refractivity contribution in [1.29, 1.82) is 0 Å². The average molecular weight is 124 g/mol. The molecule has 1 aliphatic rings. The monoisotopic (exact) mass is 124 g/mol. The van der Waals surface area contributed by atoms with Crippen LogP contribution in [0.4, 0.5) is 0 Å². The minimum absolute atomic E-state index is 0.926. The fraction of sp³-hybridized carbons (Fsp3) is 0.778. The van der Waals surface area contributed by atoms with E-state index in [0.29, 0.717) is 0 Å². The molecule has 2 unspecified atom stereocenters. The lowest BCUT2D eigenvalue weighted by atomic mass is 9.69. The molecule has 0 heteroatoms. The van der Waals surface area contributed by atoms with Gasteiger partial charge in [0, 0.05) is 0 Å². The summed E-state index contributed by atoms with van der Waals surface area (Å²) in [6, 6.07) is 0. The van der Waals surface area contributed by atoms with Crippen LogP contribution >= 0.6 is 0 Å². The maximum atomic E-state index is 2.35. The molecule has 0 heterocycles. The highest BCUT2D eigenvalue weighted by atomic mass is 14.3. The van der Waals surface area contributed by atoms with Crippen LogP contribution < -0.4 is 0 Å². The summed E-state index contributed by atoms with van der Waals surface area (Å²) in [6.45, 7) is 6.79. The number of allylic oxidation sites excluding steroid dienone is 2. The molecule has 2 atom stereocenters. The third-order valence-electron chi connectivity index (χ3n) is 2.53. The molecular weight excluding hydrogens is 108 g/mol. The molecular formula is C9H16. The summed E-state index contributed by atoms with van der Waals surface area (Å²) < 4.78 is 0. The highest BCUT2D eigenvalue weighted by Gasteiger charge is 2.29. The molecule has 9 heavy (non-hydrogen) atoms. The standard InChI is InChI=1S/C9H16/c1-4-8-6-7(3)9(8)5-2/h4,7,9H,5-6H2,1-3H3. The smallest absolute Gasteiger partial charge is 0.0177 e. The SMILES string of the molecule is CC=C1CC(C)C1CC. The summed E-state index contributed by atoms with van der Waals surface area (Å²) in [5, 5.41) is 0. The van der Waals surface area contributed by atoms with Crippen LogP contribution in [0, 0.1) is 11.8 Å². The van der Waals surface area contributed by atoms with E-state index in [-0.39, 0.29) is 0 Å². The maximum Gasteiger partial charge on any atom is -0.0177 e. The zero-order valence-electron chi connectivity index (χ0n) is 6.65. The zero-order valence-corrected chi connectivity index (χ0v) is 6.65. The number of rotatable bonds is 1. The highest BCUT2D eigenvalue weighted by Crippen LogP contribution is 2.41. The molecule has 1 fully saturated rings. The molecule has 1 saturated carbocycles. The van der Waals surface area contributed by atoms with Gasteiger partial charge in [-0.1, -0.05) is 25.5 Å². The molecule has 0 bridgehead atoms. The maximum absolute atomic E-state index is 2.35. The van der Waals surface area contributed by atoms with E-state index in [0.717, 1.165) is 11.8 Å². The van der Waals surface area contributed by atoms with E-state index in [4.69, 9.17) is 0 Å². The largest absolute Gasteiger partial charge is 0.0882 e. The summed E-state index contributed by atoms with van der Waals surface area (Å²) in [6.07, 6.45) is 4.98. The second-order valence-electron chi connectivity index (χ2n) is 3.06. The summed E-state index contributed by atoms with van der Waals surface area (Å²) >= 11 is 0.